The van der Waals surface area contributed by atoms with E-state index in [1.807, 2.05) is 11.9 Å². The summed E-state index contributed by atoms with van der Waals surface area (Å²) in [7, 11) is 1.96. The Balaban J connectivity index is 2.13. The summed E-state index contributed by atoms with van der Waals surface area (Å²) in [5, 5.41) is 0. The van der Waals surface area contributed by atoms with Crippen LogP contribution in [0.25, 0.3) is 0 Å². The third-order valence-corrected chi connectivity index (χ3v) is 4.87. The quantitative estimate of drug-likeness (QED) is 0.535. The summed E-state index contributed by atoms with van der Waals surface area (Å²) in [6.07, 6.45) is 8.07. The normalized spacial score (nSPS) is 50.0. The number of allylic oxidation sites excluding steroid dienone is 1. The zero-order valence-electron chi connectivity index (χ0n) is 8.86. The van der Waals surface area contributed by atoms with Crippen molar-refractivity contribution in [1.29, 1.82) is 0 Å². The molecule has 0 unspecified atom stereocenters. The first-order valence-electron chi connectivity index (χ1n) is 5.59. The molecule has 4 atom stereocenters. The van der Waals surface area contributed by atoms with Crippen LogP contribution in [0.1, 0.15) is 26.2 Å². The smallest absolute Gasteiger partial charge is 0.226 e. The fourth-order valence-electron chi connectivity index (χ4n) is 3.99. The molecule has 1 saturated carbocycles. The summed E-state index contributed by atoms with van der Waals surface area (Å²) >= 11 is 0. The maximum absolute atomic E-state index is 12.0. The van der Waals surface area contributed by atoms with Gasteiger partial charge in [0, 0.05) is 18.4 Å². The average Bonchev–Trinajstić information content (AvgIpc) is 2.60. The van der Waals surface area contributed by atoms with Gasteiger partial charge in [-0.15, -0.1) is 0 Å². The molecule has 0 aromatic rings. The molecule has 2 heteroatoms. The standard InChI is InChI=1S/C12H17NO/c1-12-8-4-3-5-10(12)13(2)11(14)9(12)7-6-8/h3,5,8-10H,4,6-7H2,1-2H3/t8-,9-,10+,12-/m1/s1. The predicted molar refractivity (Wildman–Crippen MR) is 54.6 cm³/mol. The average molecular weight is 191 g/mol. The third kappa shape index (κ3) is 0.723. The number of hydrogen-bond donors (Lipinski definition) is 0. The summed E-state index contributed by atoms with van der Waals surface area (Å²) < 4.78 is 0. The second kappa shape index (κ2) is 2.41. The van der Waals surface area contributed by atoms with Gasteiger partial charge in [-0.1, -0.05) is 19.1 Å². The third-order valence-electron chi connectivity index (χ3n) is 4.87. The monoisotopic (exact) mass is 191 g/mol. The van der Waals surface area contributed by atoms with Crippen LogP contribution in [-0.2, 0) is 4.79 Å². The molecule has 76 valence electrons. The largest absolute Gasteiger partial charge is 0.338 e. The van der Waals surface area contributed by atoms with Gasteiger partial charge >= 0.3 is 0 Å². The summed E-state index contributed by atoms with van der Waals surface area (Å²) in [4.78, 5) is 14.0. The van der Waals surface area contributed by atoms with Gasteiger partial charge in [0.1, 0.15) is 0 Å². The van der Waals surface area contributed by atoms with Crippen LogP contribution < -0.4 is 0 Å². The van der Waals surface area contributed by atoms with Crippen molar-refractivity contribution in [3.8, 4) is 0 Å². The molecule has 2 fully saturated rings. The molecular weight excluding hydrogens is 174 g/mol. The minimum absolute atomic E-state index is 0.251. The second-order valence-electron chi connectivity index (χ2n) is 5.25. The Hall–Kier alpha value is -0.790. The molecule has 0 N–H and O–H groups in total. The van der Waals surface area contributed by atoms with Crippen molar-refractivity contribution in [2.45, 2.75) is 32.2 Å². The minimum Gasteiger partial charge on any atom is -0.338 e. The molecule has 1 aliphatic heterocycles. The molecule has 1 heterocycles. The Morgan fingerprint density at radius 3 is 3.07 bits per heavy atom. The van der Waals surface area contributed by atoms with Crippen LogP contribution in [0.3, 0.4) is 0 Å². The molecule has 0 aromatic heterocycles. The van der Waals surface area contributed by atoms with E-state index in [0.29, 0.717) is 17.9 Å². The van der Waals surface area contributed by atoms with Crippen LogP contribution in [0.15, 0.2) is 12.2 Å². The first kappa shape index (κ1) is 8.51. The number of rotatable bonds is 0. The van der Waals surface area contributed by atoms with Crippen molar-refractivity contribution in [3.63, 3.8) is 0 Å². The SMILES string of the molecule is CN1C(=O)[C@H]2CC[C@H]3CC=C[C@H]1[C@]32C. The van der Waals surface area contributed by atoms with Gasteiger partial charge in [0.15, 0.2) is 0 Å². The zero-order chi connectivity index (χ0) is 9.92. The second-order valence-corrected chi connectivity index (χ2v) is 5.25. The highest BCUT2D eigenvalue weighted by Gasteiger charge is 2.61. The van der Waals surface area contributed by atoms with E-state index in [2.05, 4.69) is 19.1 Å². The summed E-state index contributed by atoms with van der Waals surface area (Å²) in [5.74, 6) is 1.44. The van der Waals surface area contributed by atoms with E-state index in [4.69, 9.17) is 0 Å². The lowest BCUT2D eigenvalue weighted by Gasteiger charge is -2.39. The van der Waals surface area contributed by atoms with Crippen LogP contribution in [0, 0.1) is 17.3 Å². The molecule has 1 amide bonds. The van der Waals surface area contributed by atoms with E-state index in [1.165, 1.54) is 12.8 Å². The van der Waals surface area contributed by atoms with Crippen LogP contribution in [0.5, 0.6) is 0 Å². The summed E-state index contributed by atoms with van der Waals surface area (Å²) in [6, 6.07) is 0.376. The van der Waals surface area contributed by atoms with Crippen LogP contribution in [-0.4, -0.2) is 23.9 Å². The number of nitrogens with zero attached hydrogens (tertiary/aromatic N) is 1. The van der Waals surface area contributed by atoms with Gasteiger partial charge in [0.05, 0.1) is 6.04 Å². The number of likely N-dealkylation sites (tertiary alicyclic amines) is 1. The molecule has 1 saturated heterocycles. The molecule has 0 radical (unpaired) electrons. The molecular formula is C12H17NO. The highest BCUT2D eigenvalue weighted by atomic mass is 16.2. The number of likely N-dealkylation sites (N-methyl/N-ethyl adjacent to an activating group) is 1. The Morgan fingerprint density at radius 2 is 2.29 bits per heavy atom. The van der Waals surface area contributed by atoms with Crippen molar-refractivity contribution >= 4 is 5.91 Å². The lowest BCUT2D eigenvalue weighted by atomic mass is 9.67. The lowest BCUT2D eigenvalue weighted by Crippen LogP contribution is -2.41. The van der Waals surface area contributed by atoms with Gasteiger partial charge < -0.3 is 4.90 Å². The lowest BCUT2D eigenvalue weighted by molar-refractivity contribution is -0.130. The van der Waals surface area contributed by atoms with Crippen LogP contribution in [0.4, 0.5) is 0 Å². The van der Waals surface area contributed by atoms with E-state index < -0.39 is 0 Å². The van der Waals surface area contributed by atoms with Crippen LogP contribution >= 0.6 is 0 Å². The van der Waals surface area contributed by atoms with Crippen LogP contribution in [0.2, 0.25) is 0 Å². The van der Waals surface area contributed by atoms with Gasteiger partial charge in [0.2, 0.25) is 5.91 Å². The minimum atomic E-state index is 0.251. The van der Waals surface area contributed by atoms with Gasteiger partial charge in [-0.05, 0) is 25.2 Å². The molecule has 0 aromatic carbocycles. The highest BCUT2D eigenvalue weighted by Crippen LogP contribution is 2.58. The summed E-state index contributed by atoms with van der Waals surface area (Å²) in [6.45, 7) is 2.32. The molecule has 2 nitrogen and oxygen atoms in total. The topological polar surface area (TPSA) is 20.3 Å². The fourth-order valence-corrected chi connectivity index (χ4v) is 3.99. The van der Waals surface area contributed by atoms with Gasteiger partial charge in [-0.3, -0.25) is 4.79 Å². The van der Waals surface area contributed by atoms with E-state index in [-0.39, 0.29) is 5.41 Å². The first-order chi connectivity index (χ1) is 6.65. The van der Waals surface area contributed by atoms with E-state index in [1.54, 1.807) is 0 Å². The molecule has 0 spiro atoms. The number of amides is 1. The molecule has 3 aliphatic rings. The van der Waals surface area contributed by atoms with Crippen molar-refractivity contribution in [2.24, 2.45) is 17.3 Å². The predicted octanol–water partition coefficient (Wildman–Crippen LogP) is 1.82. The molecule has 3 rings (SSSR count). The molecule has 0 bridgehead atoms. The van der Waals surface area contributed by atoms with E-state index >= 15 is 0 Å². The Bertz CT molecular complexity index is 322. The van der Waals surface area contributed by atoms with Gasteiger partial charge in [0.25, 0.3) is 0 Å². The molecule has 2 aliphatic carbocycles. The molecule has 14 heavy (non-hydrogen) atoms. The van der Waals surface area contributed by atoms with E-state index in [9.17, 15) is 4.79 Å². The number of carbonyl (C=O) groups is 1. The van der Waals surface area contributed by atoms with Crippen molar-refractivity contribution in [1.82, 2.24) is 4.90 Å². The van der Waals surface area contributed by atoms with Crippen molar-refractivity contribution in [3.05, 3.63) is 12.2 Å². The van der Waals surface area contributed by atoms with Gasteiger partial charge in [-0.2, -0.15) is 0 Å². The maximum atomic E-state index is 12.0. The van der Waals surface area contributed by atoms with Gasteiger partial charge in [-0.25, -0.2) is 0 Å². The van der Waals surface area contributed by atoms with Crippen molar-refractivity contribution in [2.75, 3.05) is 7.05 Å². The van der Waals surface area contributed by atoms with Crippen molar-refractivity contribution < 1.29 is 4.79 Å². The van der Waals surface area contributed by atoms with E-state index in [0.717, 1.165) is 12.3 Å². The fraction of sp³-hybridized carbons (Fsp3) is 0.750. The highest BCUT2D eigenvalue weighted by molar-refractivity contribution is 5.84. The maximum Gasteiger partial charge on any atom is 0.226 e. The Kier molecular flexibility index (Phi) is 1.47. The Morgan fingerprint density at radius 1 is 1.50 bits per heavy atom. The zero-order valence-corrected chi connectivity index (χ0v) is 8.86. The first-order valence-corrected chi connectivity index (χ1v) is 5.59. The number of hydrogen-bond acceptors (Lipinski definition) is 1. The number of carbonyl (C=O) groups excluding carboxylic acids is 1. The summed E-state index contributed by atoms with van der Waals surface area (Å²) in [5.41, 5.74) is 0.251. The Labute approximate surface area is 85.0 Å².